The highest BCUT2D eigenvalue weighted by Gasteiger charge is 2.33. The number of fused-ring (bicyclic) bond motifs is 5. The van der Waals surface area contributed by atoms with Gasteiger partial charge in [0.25, 0.3) is 11.8 Å². The summed E-state index contributed by atoms with van der Waals surface area (Å²) in [6.45, 7) is 0.446. The van der Waals surface area contributed by atoms with Crippen LogP contribution in [-0.2, 0) is 4.79 Å². The van der Waals surface area contributed by atoms with Gasteiger partial charge in [-0.3, -0.25) is 9.59 Å². The number of nitrogens with one attached hydrogen (secondary N) is 3. The van der Waals surface area contributed by atoms with Crippen molar-refractivity contribution in [3.63, 3.8) is 0 Å². The number of H-pyrrole nitrogens is 2. The second-order valence-electron chi connectivity index (χ2n) is 10.3. The molecule has 6 aromatic rings. The lowest BCUT2D eigenvalue weighted by Gasteiger charge is -2.16. The molecule has 4 aromatic carbocycles. The highest BCUT2D eigenvalue weighted by molar-refractivity contribution is 6.19. The summed E-state index contributed by atoms with van der Waals surface area (Å²) in [7, 11) is 0. The van der Waals surface area contributed by atoms with Crippen LogP contribution in [0.15, 0.2) is 91.0 Å². The molecule has 1 aliphatic heterocycles. The van der Waals surface area contributed by atoms with Crippen molar-refractivity contribution >= 4 is 73.4 Å². The summed E-state index contributed by atoms with van der Waals surface area (Å²) in [6.07, 6.45) is 3.26. The van der Waals surface area contributed by atoms with Crippen molar-refractivity contribution in [3.05, 3.63) is 108 Å². The summed E-state index contributed by atoms with van der Waals surface area (Å²) in [6, 6.07) is 26.4. The standard InChI is InChI=1S/C33H25ClN4O3/c34-17-21-18-38(29-16-30(39)24-6-2-3-7-25(24)32(21)29)31(40)12-10-22-13-20-14-23(9-11-27(20)35-22)36-33(41)28-15-19-5-1-4-8-26(19)37-28/h1-16,21,35,37,39H,17-18H2,(H,36,41)/b12-10+. The summed E-state index contributed by atoms with van der Waals surface area (Å²) < 4.78 is 0. The molecule has 7 rings (SSSR count). The number of aromatic hydroxyl groups is 1. The Morgan fingerprint density at radius 1 is 0.927 bits per heavy atom. The van der Waals surface area contributed by atoms with Crippen LogP contribution >= 0.6 is 11.6 Å². The molecule has 7 nitrogen and oxygen atoms in total. The number of alkyl halides is 1. The number of carbonyl (C=O) groups excluding carboxylic acids is 2. The van der Waals surface area contributed by atoms with Gasteiger partial charge in [0.2, 0.25) is 0 Å². The van der Waals surface area contributed by atoms with E-state index in [1.165, 1.54) is 6.08 Å². The highest BCUT2D eigenvalue weighted by atomic mass is 35.5. The average Bonchev–Trinajstić information content (AvgIpc) is 3.70. The Bertz CT molecular complexity index is 1990. The molecule has 202 valence electrons. The van der Waals surface area contributed by atoms with Gasteiger partial charge < -0.3 is 25.3 Å². The second kappa shape index (κ2) is 9.87. The average molecular weight is 561 g/mol. The number of aromatic amines is 2. The molecule has 8 heteroatoms. The number of aromatic nitrogens is 2. The number of nitrogens with zero attached hydrogens (tertiary/aromatic N) is 1. The van der Waals surface area contributed by atoms with Gasteiger partial charge in [0.1, 0.15) is 11.4 Å². The number of para-hydroxylation sites is 1. The van der Waals surface area contributed by atoms with Gasteiger partial charge in [-0.25, -0.2) is 0 Å². The molecule has 1 unspecified atom stereocenters. The third-order valence-corrected chi connectivity index (χ3v) is 8.05. The lowest BCUT2D eigenvalue weighted by Crippen LogP contribution is -2.28. The second-order valence-corrected chi connectivity index (χ2v) is 10.6. The van der Waals surface area contributed by atoms with Crippen molar-refractivity contribution in [3.8, 4) is 5.75 Å². The first-order chi connectivity index (χ1) is 20.0. The Kier molecular flexibility index (Phi) is 6.02. The molecular formula is C33H25ClN4O3. The molecule has 0 bridgehead atoms. The van der Waals surface area contributed by atoms with Gasteiger partial charge in [-0.2, -0.15) is 0 Å². The summed E-state index contributed by atoms with van der Waals surface area (Å²) in [5.74, 6) is 0.0661. The van der Waals surface area contributed by atoms with E-state index in [1.54, 1.807) is 17.0 Å². The molecule has 4 N–H and O–H groups in total. The molecular weight excluding hydrogens is 536 g/mol. The maximum Gasteiger partial charge on any atom is 0.272 e. The Balaban J connectivity index is 1.11. The number of halogens is 1. The summed E-state index contributed by atoms with van der Waals surface area (Å²) in [5.41, 5.74) is 5.37. The zero-order valence-corrected chi connectivity index (χ0v) is 22.6. The van der Waals surface area contributed by atoms with E-state index in [-0.39, 0.29) is 23.5 Å². The fraction of sp³-hybridized carbons (Fsp3) is 0.0909. The number of benzene rings is 4. The van der Waals surface area contributed by atoms with E-state index >= 15 is 0 Å². The number of phenols is 1. The number of rotatable bonds is 5. The van der Waals surface area contributed by atoms with Crippen molar-refractivity contribution in [1.29, 1.82) is 0 Å². The molecule has 41 heavy (non-hydrogen) atoms. The van der Waals surface area contributed by atoms with Gasteiger partial charge in [0.15, 0.2) is 0 Å². The van der Waals surface area contributed by atoms with Gasteiger partial charge >= 0.3 is 0 Å². The first kappa shape index (κ1) is 25.0. The normalized spacial score (nSPS) is 14.9. The predicted molar refractivity (Wildman–Crippen MR) is 165 cm³/mol. The molecule has 0 saturated carbocycles. The van der Waals surface area contributed by atoms with E-state index in [0.29, 0.717) is 29.5 Å². The maximum absolute atomic E-state index is 13.3. The minimum Gasteiger partial charge on any atom is -0.507 e. The van der Waals surface area contributed by atoms with Crippen LogP contribution in [0.25, 0.3) is 38.7 Å². The van der Waals surface area contributed by atoms with Crippen molar-refractivity contribution < 1.29 is 14.7 Å². The summed E-state index contributed by atoms with van der Waals surface area (Å²) in [4.78, 5) is 34.3. The van der Waals surface area contributed by atoms with E-state index in [4.69, 9.17) is 11.6 Å². The van der Waals surface area contributed by atoms with Crippen LogP contribution in [0.5, 0.6) is 5.75 Å². The number of anilines is 2. The molecule has 1 atom stereocenters. The van der Waals surface area contributed by atoms with Gasteiger partial charge in [-0.05, 0) is 53.4 Å². The third-order valence-electron chi connectivity index (χ3n) is 7.68. The Hall–Kier alpha value is -5.01. The lowest BCUT2D eigenvalue weighted by atomic mass is 9.95. The fourth-order valence-corrected chi connectivity index (χ4v) is 5.98. The SMILES string of the molecule is O=C(Nc1ccc2[nH]c(/C=C/C(=O)N3CC(CCl)c4c3cc(O)c3ccccc43)cc2c1)c1cc2ccccc2[nH]1. The molecule has 2 amide bonds. The molecule has 2 aromatic heterocycles. The van der Waals surface area contributed by atoms with E-state index in [0.717, 1.165) is 43.8 Å². The van der Waals surface area contributed by atoms with Crippen molar-refractivity contribution in [2.75, 3.05) is 22.6 Å². The van der Waals surface area contributed by atoms with Crippen LogP contribution in [0, 0.1) is 0 Å². The number of amides is 2. The van der Waals surface area contributed by atoms with Crippen LogP contribution in [-0.4, -0.2) is 39.3 Å². The number of carbonyl (C=O) groups is 2. The summed E-state index contributed by atoms with van der Waals surface area (Å²) >= 11 is 6.31. The van der Waals surface area contributed by atoms with Crippen LogP contribution in [0.1, 0.15) is 27.7 Å². The zero-order valence-electron chi connectivity index (χ0n) is 21.8. The molecule has 0 fully saturated rings. The van der Waals surface area contributed by atoms with Crippen LogP contribution < -0.4 is 10.2 Å². The van der Waals surface area contributed by atoms with E-state index < -0.39 is 0 Å². The molecule has 1 aliphatic rings. The minimum absolute atomic E-state index is 0.0272. The minimum atomic E-state index is -0.221. The highest BCUT2D eigenvalue weighted by Crippen LogP contribution is 2.45. The predicted octanol–water partition coefficient (Wildman–Crippen LogP) is 7.14. The quantitative estimate of drug-likeness (QED) is 0.133. The smallest absolute Gasteiger partial charge is 0.272 e. The van der Waals surface area contributed by atoms with E-state index in [1.807, 2.05) is 78.9 Å². The largest absolute Gasteiger partial charge is 0.507 e. The Morgan fingerprint density at radius 3 is 2.54 bits per heavy atom. The maximum atomic E-state index is 13.3. The van der Waals surface area contributed by atoms with Gasteiger partial charge in [-0.1, -0.05) is 42.5 Å². The number of hydrogen-bond donors (Lipinski definition) is 4. The van der Waals surface area contributed by atoms with Crippen molar-refractivity contribution in [2.45, 2.75) is 5.92 Å². The number of hydrogen-bond acceptors (Lipinski definition) is 3. The monoisotopic (exact) mass is 560 g/mol. The van der Waals surface area contributed by atoms with Crippen molar-refractivity contribution in [2.24, 2.45) is 0 Å². The van der Waals surface area contributed by atoms with Gasteiger partial charge in [0.05, 0.1) is 5.69 Å². The van der Waals surface area contributed by atoms with Crippen LogP contribution in [0.4, 0.5) is 11.4 Å². The zero-order chi connectivity index (χ0) is 28.1. The summed E-state index contributed by atoms with van der Waals surface area (Å²) in [5, 5.41) is 17.1. The molecule has 0 spiro atoms. The van der Waals surface area contributed by atoms with Crippen LogP contribution in [0.3, 0.4) is 0 Å². The molecule has 3 heterocycles. The first-order valence-electron chi connectivity index (χ1n) is 13.3. The molecule has 0 saturated heterocycles. The lowest BCUT2D eigenvalue weighted by molar-refractivity contribution is -0.114. The Morgan fingerprint density at radius 2 is 1.71 bits per heavy atom. The fourth-order valence-electron chi connectivity index (χ4n) is 5.73. The van der Waals surface area contributed by atoms with Gasteiger partial charge in [-0.15, -0.1) is 11.6 Å². The van der Waals surface area contributed by atoms with Crippen LogP contribution in [0.2, 0.25) is 0 Å². The van der Waals surface area contributed by atoms with E-state index in [9.17, 15) is 14.7 Å². The molecule has 0 radical (unpaired) electrons. The third kappa shape index (κ3) is 4.40. The first-order valence-corrected chi connectivity index (χ1v) is 13.8. The van der Waals surface area contributed by atoms with Gasteiger partial charge in [0, 0.05) is 69.1 Å². The Labute approximate surface area is 240 Å². The van der Waals surface area contributed by atoms with E-state index in [2.05, 4.69) is 15.3 Å². The van der Waals surface area contributed by atoms with Crippen molar-refractivity contribution in [1.82, 2.24) is 9.97 Å². The number of phenolic OH excluding ortho intramolecular Hbond substituents is 1. The molecule has 0 aliphatic carbocycles. The topological polar surface area (TPSA) is 101 Å².